The fourth-order valence-corrected chi connectivity index (χ4v) is 1.34. The fraction of sp³-hybridized carbons (Fsp3) is 0.667. The van der Waals surface area contributed by atoms with E-state index in [-0.39, 0.29) is 11.8 Å². The molecule has 0 aromatic rings. The summed E-state index contributed by atoms with van der Waals surface area (Å²) in [6.45, 7) is 7.34. The summed E-state index contributed by atoms with van der Waals surface area (Å²) in [5.41, 5.74) is 0.567. The zero-order valence-electron chi connectivity index (χ0n) is 10.4. The average molecular weight is 227 g/mol. The summed E-state index contributed by atoms with van der Waals surface area (Å²) in [7, 11) is 0. The van der Waals surface area contributed by atoms with Gasteiger partial charge in [0.05, 0.1) is 0 Å². The van der Waals surface area contributed by atoms with E-state index in [9.17, 15) is 9.59 Å². The quantitative estimate of drug-likeness (QED) is 0.682. The molecular weight excluding hydrogens is 206 g/mol. The zero-order chi connectivity index (χ0) is 12.7. The number of aliphatic carboxylic acids is 1. The molecule has 2 atom stereocenters. The van der Waals surface area contributed by atoms with Crippen molar-refractivity contribution in [3.8, 4) is 0 Å². The van der Waals surface area contributed by atoms with Crippen LogP contribution in [0.3, 0.4) is 0 Å². The summed E-state index contributed by atoms with van der Waals surface area (Å²) < 4.78 is 0. The summed E-state index contributed by atoms with van der Waals surface area (Å²) in [6, 6.07) is -0.808. The molecular formula is C12H21NO3. The number of allylic oxidation sites excluding steroid dienone is 1. The van der Waals surface area contributed by atoms with Crippen LogP contribution in [0.4, 0.5) is 0 Å². The average Bonchev–Trinajstić information content (AvgIpc) is 2.24. The van der Waals surface area contributed by atoms with Crippen LogP contribution in [0.25, 0.3) is 0 Å². The van der Waals surface area contributed by atoms with Gasteiger partial charge >= 0.3 is 5.97 Å². The molecule has 0 aromatic carbocycles. The lowest BCUT2D eigenvalue weighted by atomic mass is 9.99. The molecule has 16 heavy (non-hydrogen) atoms. The first-order valence-electron chi connectivity index (χ1n) is 5.64. The van der Waals surface area contributed by atoms with Gasteiger partial charge in [0.15, 0.2) is 0 Å². The third-order valence-electron chi connectivity index (χ3n) is 2.63. The highest BCUT2D eigenvalue weighted by Crippen LogP contribution is 2.09. The van der Waals surface area contributed by atoms with Crippen LogP contribution in [0.1, 0.15) is 40.5 Å². The van der Waals surface area contributed by atoms with E-state index >= 15 is 0 Å². The van der Waals surface area contributed by atoms with Crippen LogP contribution in [0, 0.1) is 5.92 Å². The lowest BCUT2D eigenvalue weighted by Gasteiger charge is -2.20. The molecule has 0 bridgehead atoms. The van der Waals surface area contributed by atoms with Gasteiger partial charge in [0, 0.05) is 5.57 Å². The number of carboxylic acids is 1. The molecule has 0 saturated heterocycles. The Morgan fingerprint density at radius 3 is 2.31 bits per heavy atom. The number of carbonyl (C=O) groups excluding carboxylic acids is 1. The Kier molecular flexibility index (Phi) is 6.46. The molecule has 0 fully saturated rings. The van der Waals surface area contributed by atoms with Crippen molar-refractivity contribution in [2.45, 2.75) is 46.6 Å². The van der Waals surface area contributed by atoms with Crippen molar-refractivity contribution in [3.05, 3.63) is 11.6 Å². The number of amides is 1. The van der Waals surface area contributed by atoms with E-state index in [1.165, 1.54) is 0 Å². The minimum atomic E-state index is -0.980. The topological polar surface area (TPSA) is 66.4 Å². The third kappa shape index (κ3) is 4.47. The van der Waals surface area contributed by atoms with Gasteiger partial charge in [-0.25, -0.2) is 4.79 Å². The van der Waals surface area contributed by atoms with Crippen molar-refractivity contribution in [2.24, 2.45) is 5.92 Å². The van der Waals surface area contributed by atoms with Crippen molar-refractivity contribution >= 4 is 11.9 Å². The van der Waals surface area contributed by atoms with Crippen molar-refractivity contribution in [1.29, 1.82) is 0 Å². The molecule has 92 valence electrons. The van der Waals surface area contributed by atoms with E-state index in [1.807, 2.05) is 20.8 Å². The van der Waals surface area contributed by atoms with Crippen LogP contribution < -0.4 is 5.32 Å². The minimum Gasteiger partial charge on any atom is -0.480 e. The van der Waals surface area contributed by atoms with E-state index in [0.717, 1.165) is 6.42 Å². The van der Waals surface area contributed by atoms with Gasteiger partial charge in [0.25, 0.3) is 0 Å². The van der Waals surface area contributed by atoms with Crippen LogP contribution in [0.15, 0.2) is 11.6 Å². The fourth-order valence-electron chi connectivity index (χ4n) is 1.34. The Balaban J connectivity index is 4.59. The Morgan fingerprint density at radius 2 is 1.94 bits per heavy atom. The number of carboxylic acid groups (broad SMARTS) is 1. The van der Waals surface area contributed by atoms with Crippen molar-refractivity contribution in [3.63, 3.8) is 0 Å². The molecule has 4 nitrogen and oxygen atoms in total. The molecule has 0 aliphatic heterocycles. The normalized spacial score (nSPS) is 15.4. The van der Waals surface area contributed by atoms with E-state index in [0.29, 0.717) is 12.0 Å². The maximum absolute atomic E-state index is 11.6. The molecule has 0 aliphatic carbocycles. The maximum atomic E-state index is 11.6. The summed E-state index contributed by atoms with van der Waals surface area (Å²) in [5.74, 6) is -1.35. The van der Waals surface area contributed by atoms with Gasteiger partial charge in [-0.2, -0.15) is 0 Å². The molecule has 4 heteroatoms. The molecule has 2 N–H and O–H groups in total. The van der Waals surface area contributed by atoms with Gasteiger partial charge < -0.3 is 10.4 Å². The van der Waals surface area contributed by atoms with Crippen LogP contribution in [-0.4, -0.2) is 23.0 Å². The second-order valence-corrected chi connectivity index (χ2v) is 3.97. The summed E-state index contributed by atoms with van der Waals surface area (Å²) in [5, 5.41) is 11.5. The first-order chi connectivity index (χ1) is 7.43. The predicted molar refractivity (Wildman–Crippen MR) is 63.1 cm³/mol. The molecule has 1 amide bonds. The highest BCUT2D eigenvalue weighted by atomic mass is 16.4. The van der Waals surface area contributed by atoms with Gasteiger partial charge in [0.1, 0.15) is 6.04 Å². The SMILES string of the molecule is CC/C=C(\C)C(=O)NC(C(=O)O)C(C)CC. The first kappa shape index (κ1) is 14.7. The first-order valence-corrected chi connectivity index (χ1v) is 5.64. The Morgan fingerprint density at radius 1 is 1.38 bits per heavy atom. The Bertz CT molecular complexity index is 284. The van der Waals surface area contributed by atoms with Crippen LogP contribution >= 0.6 is 0 Å². The summed E-state index contributed by atoms with van der Waals surface area (Å²) >= 11 is 0. The van der Waals surface area contributed by atoms with E-state index in [1.54, 1.807) is 13.0 Å². The Labute approximate surface area is 96.7 Å². The molecule has 0 aromatic heterocycles. The molecule has 0 spiro atoms. The number of hydrogen-bond acceptors (Lipinski definition) is 2. The smallest absolute Gasteiger partial charge is 0.326 e. The van der Waals surface area contributed by atoms with Gasteiger partial charge in [-0.3, -0.25) is 4.79 Å². The molecule has 0 rings (SSSR count). The van der Waals surface area contributed by atoms with Crippen LogP contribution in [0.2, 0.25) is 0 Å². The maximum Gasteiger partial charge on any atom is 0.326 e. The summed E-state index contributed by atoms with van der Waals surface area (Å²) in [4.78, 5) is 22.6. The highest BCUT2D eigenvalue weighted by molar-refractivity contribution is 5.95. The number of hydrogen-bond donors (Lipinski definition) is 2. The van der Waals surface area contributed by atoms with E-state index in [4.69, 9.17) is 5.11 Å². The third-order valence-corrected chi connectivity index (χ3v) is 2.63. The monoisotopic (exact) mass is 227 g/mol. The standard InChI is InChI=1S/C12H21NO3/c1-5-7-9(4)11(14)13-10(12(15)16)8(3)6-2/h7-8,10H,5-6H2,1-4H3,(H,13,14)(H,15,16)/b9-7+. The van der Waals surface area contributed by atoms with Crippen molar-refractivity contribution in [2.75, 3.05) is 0 Å². The van der Waals surface area contributed by atoms with Crippen molar-refractivity contribution < 1.29 is 14.7 Å². The lowest BCUT2D eigenvalue weighted by molar-refractivity contribution is -0.142. The van der Waals surface area contributed by atoms with Crippen LogP contribution in [0.5, 0.6) is 0 Å². The molecule has 0 radical (unpaired) electrons. The second kappa shape index (κ2) is 7.04. The van der Waals surface area contributed by atoms with Gasteiger partial charge in [-0.15, -0.1) is 0 Å². The minimum absolute atomic E-state index is 0.0733. The van der Waals surface area contributed by atoms with Gasteiger partial charge in [-0.05, 0) is 19.3 Å². The van der Waals surface area contributed by atoms with Crippen molar-refractivity contribution in [1.82, 2.24) is 5.32 Å². The van der Waals surface area contributed by atoms with Crippen LogP contribution in [-0.2, 0) is 9.59 Å². The number of carbonyl (C=O) groups is 2. The van der Waals surface area contributed by atoms with Gasteiger partial charge in [0.2, 0.25) is 5.91 Å². The predicted octanol–water partition coefficient (Wildman–Crippen LogP) is 1.96. The summed E-state index contributed by atoms with van der Waals surface area (Å²) in [6.07, 6.45) is 3.26. The zero-order valence-corrected chi connectivity index (χ0v) is 10.4. The second-order valence-electron chi connectivity index (χ2n) is 3.97. The molecule has 0 aliphatic rings. The van der Waals surface area contributed by atoms with Gasteiger partial charge in [-0.1, -0.05) is 33.3 Å². The highest BCUT2D eigenvalue weighted by Gasteiger charge is 2.25. The molecule has 2 unspecified atom stereocenters. The molecule has 0 saturated carbocycles. The largest absolute Gasteiger partial charge is 0.480 e. The number of rotatable bonds is 6. The Hall–Kier alpha value is -1.32. The molecule has 0 heterocycles. The van der Waals surface area contributed by atoms with E-state index < -0.39 is 12.0 Å². The lowest BCUT2D eigenvalue weighted by Crippen LogP contribution is -2.45. The number of nitrogens with one attached hydrogen (secondary N) is 1. The van der Waals surface area contributed by atoms with E-state index in [2.05, 4.69) is 5.32 Å².